The van der Waals surface area contributed by atoms with Gasteiger partial charge in [0.1, 0.15) is 0 Å². The SMILES string of the molecule is Cc1cc(I)ccc1NCCN1CCC(C)CC1. The molecular weight excluding hydrogens is 335 g/mol. The van der Waals surface area contributed by atoms with E-state index in [2.05, 4.69) is 64.9 Å². The normalized spacial score (nSPS) is 17.9. The second-order valence-corrected chi connectivity index (χ2v) is 6.66. The van der Waals surface area contributed by atoms with Gasteiger partial charge in [-0.25, -0.2) is 0 Å². The zero-order valence-electron chi connectivity index (χ0n) is 11.4. The molecule has 0 aromatic heterocycles. The Morgan fingerprint density at radius 2 is 2.06 bits per heavy atom. The minimum Gasteiger partial charge on any atom is -0.384 e. The lowest BCUT2D eigenvalue weighted by Gasteiger charge is -2.30. The van der Waals surface area contributed by atoms with Crippen LogP contribution in [0.5, 0.6) is 0 Å². The molecule has 0 atom stereocenters. The Hall–Kier alpha value is -0.290. The first-order valence-corrected chi connectivity index (χ1v) is 7.95. The number of nitrogens with one attached hydrogen (secondary N) is 1. The van der Waals surface area contributed by atoms with E-state index in [1.54, 1.807) is 0 Å². The lowest BCUT2D eigenvalue weighted by Crippen LogP contribution is -2.36. The van der Waals surface area contributed by atoms with Crippen LogP contribution in [-0.2, 0) is 0 Å². The van der Waals surface area contributed by atoms with Gasteiger partial charge in [0.25, 0.3) is 0 Å². The molecule has 1 aliphatic heterocycles. The maximum atomic E-state index is 3.55. The molecule has 2 nitrogen and oxygen atoms in total. The summed E-state index contributed by atoms with van der Waals surface area (Å²) in [6.07, 6.45) is 2.73. The summed E-state index contributed by atoms with van der Waals surface area (Å²) in [4.78, 5) is 2.58. The predicted molar refractivity (Wildman–Crippen MR) is 87.2 cm³/mol. The van der Waals surface area contributed by atoms with Gasteiger partial charge in [0.2, 0.25) is 0 Å². The Morgan fingerprint density at radius 1 is 1.33 bits per heavy atom. The summed E-state index contributed by atoms with van der Waals surface area (Å²) in [5.74, 6) is 0.924. The van der Waals surface area contributed by atoms with Crippen molar-refractivity contribution in [1.82, 2.24) is 4.90 Å². The van der Waals surface area contributed by atoms with Crippen LogP contribution >= 0.6 is 22.6 Å². The monoisotopic (exact) mass is 358 g/mol. The van der Waals surface area contributed by atoms with Crippen molar-refractivity contribution >= 4 is 28.3 Å². The molecule has 2 rings (SSSR count). The molecule has 0 unspecified atom stereocenters. The van der Waals surface area contributed by atoms with Crippen LogP contribution in [0.15, 0.2) is 18.2 Å². The largest absolute Gasteiger partial charge is 0.384 e. The molecule has 0 saturated carbocycles. The van der Waals surface area contributed by atoms with Gasteiger partial charge in [0, 0.05) is 22.3 Å². The molecule has 0 bridgehead atoms. The van der Waals surface area contributed by atoms with E-state index in [9.17, 15) is 0 Å². The first-order chi connectivity index (χ1) is 8.65. The molecule has 1 N–H and O–H groups in total. The molecule has 100 valence electrons. The van der Waals surface area contributed by atoms with E-state index < -0.39 is 0 Å². The molecule has 18 heavy (non-hydrogen) atoms. The summed E-state index contributed by atoms with van der Waals surface area (Å²) in [6, 6.07) is 6.58. The van der Waals surface area contributed by atoms with E-state index in [1.807, 2.05) is 0 Å². The zero-order valence-corrected chi connectivity index (χ0v) is 13.5. The molecule has 0 spiro atoms. The van der Waals surface area contributed by atoms with Crippen LogP contribution in [0.3, 0.4) is 0 Å². The Balaban J connectivity index is 1.75. The first kappa shape index (κ1) is 14.1. The molecule has 0 aliphatic carbocycles. The van der Waals surface area contributed by atoms with Crippen molar-refractivity contribution in [2.24, 2.45) is 5.92 Å². The fourth-order valence-electron chi connectivity index (χ4n) is 2.46. The molecule has 0 radical (unpaired) electrons. The van der Waals surface area contributed by atoms with Crippen molar-refractivity contribution in [3.8, 4) is 0 Å². The molecule has 1 heterocycles. The number of hydrogen-bond acceptors (Lipinski definition) is 2. The van der Waals surface area contributed by atoms with Crippen molar-refractivity contribution in [3.05, 3.63) is 27.3 Å². The van der Waals surface area contributed by atoms with Gasteiger partial charge in [-0.05, 0) is 85.1 Å². The Kier molecular flexibility index (Phi) is 5.30. The fraction of sp³-hybridized carbons (Fsp3) is 0.600. The summed E-state index contributed by atoms with van der Waals surface area (Å²) >= 11 is 2.36. The number of hydrogen-bond donors (Lipinski definition) is 1. The standard InChI is InChI=1S/C15H23IN2/c1-12-5-8-18(9-6-12)10-7-17-15-4-3-14(16)11-13(15)2/h3-4,11-12,17H,5-10H2,1-2H3. The number of likely N-dealkylation sites (tertiary alicyclic amines) is 1. The number of halogens is 1. The van der Waals surface area contributed by atoms with Gasteiger partial charge in [0.15, 0.2) is 0 Å². The average Bonchev–Trinajstić information content (AvgIpc) is 2.34. The van der Waals surface area contributed by atoms with Crippen LogP contribution in [0, 0.1) is 16.4 Å². The van der Waals surface area contributed by atoms with E-state index >= 15 is 0 Å². The molecule has 1 aliphatic rings. The number of rotatable bonds is 4. The second kappa shape index (κ2) is 6.75. The highest BCUT2D eigenvalue weighted by Gasteiger charge is 2.14. The summed E-state index contributed by atoms with van der Waals surface area (Å²) in [7, 11) is 0. The summed E-state index contributed by atoms with van der Waals surface area (Å²) < 4.78 is 1.31. The quantitative estimate of drug-likeness (QED) is 0.825. The highest BCUT2D eigenvalue weighted by atomic mass is 127. The molecule has 1 aromatic rings. The van der Waals surface area contributed by atoms with Crippen molar-refractivity contribution in [2.45, 2.75) is 26.7 Å². The maximum Gasteiger partial charge on any atom is 0.0371 e. The molecule has 3 heteroatoms. The van der Waals surface area contributed by atoms with Gasteiger partial charge in [-0.1, -0.05) is 6.92 Å². The third-order valence-corrected chi connectivity index (χ3v) is 4.48. The van der Waals surface area contributed by atoms with Crippen LogP contribution < -0.4 is 5.32 Å². The van der Waals surface area contributed by atoms with Gasteiger partial charge in [-0.15, -0.1) is 0 Å². The van der Waals surface area contributed by atoms with Crippen LogP contribution in [0.4, 0.5) is 5.69 Å². The predicted octanol–water partition coefficient (Wildman–Crippen LogP) is 3.74. The zero-order chi connectivity index (χ0) is 13.0. The summed E-state index contributed by atoms with van der Waals surface area (Å²) in [6.45, 7) is 9.30. The lowest BCUT2D eigenvalue weighted by molar-refractivity contribution is 0.199. The van der Waals surface area contributed by atoms with Crippen LogP contribution in [0.2, 0.25) is 0 Å². The minimum absolute atomic E-state index is 0.924. The molecule has 1 fully saturated rings. The highest BCUT2D eigenvalue weighted by Crippen LogP contribution is 2.18. The van der Waals surface area contributed by atoms with Gasteiger partial charge in [-0.2, -0.15) is 0 Å². The Bertz CT molecular complexity index is 384. The second-order valence-electron chi connectivity index (χ2n) is 5.41. The van der Waals surface area contributed by atoms with Gasteiger partial charge >= 0.3 is 0 Å². The third-order valence-electron chi connectivity index (χ3n) is 3.81. The van der Waals surface area contributed by atoms with E-state index in [4.69, 9.17) is 0 Å². The van der Waals surface area contributed by atoms with Gasteiger partial charge < -0.3 is 10.2 Å². The van der Waals surface area contributed by atoms with E-state index in [-0.39, 0.29) is 0 Å². The van der Waals surface area contributed by atoms with Crippen molar-refractivity contribution in [2.75, 3.05) is 31.5 Å². The number of anilines is 1. The Labute approximate surface area is 124 Å². The number of nitrogens with zero attached hydrogens (tertiary/aromatic N) is 1. The van der Waals surface area contributed by atoms with Gasteiger partial charge in [-0.3, -0.25) is 0 Å². The average molecular weight is 358 g/mol. The lowest BCUT2D eigenvalue weighted by atomic mass is 9.99. The van der Waals surface area contributed by atoms with Crippen LogP contribution in [0.1, 0.15) is 25.3 Å². The third kappa shape index (κ3) is 4.12. The van der Waals surface area contributed by atoms with Crippen molar-refractivity contribution < 1.29 is 0 Å². The smallest absolute Gasteiger partial charge is 0.0371 e. The van der Waals surface area contributed by atoms with Gasteiger partial charge in [0.05, 0.1) is 0 Å². The van der Waals surface area contributed by atoms with Crippen molar-refractivity contribution in [1.29, 1.82) is 0 Å². The molecule has 1 saturated heterocycles. The number of piperidine rings is 1. The molecule has 0 amide bonds. The minimum atomic E-state index is 0.924. The van der Waals surface area contributed by atoms with Crippen molar-refractivity contribution in [3.63, 3.8) is 0 Å². The van der Waals surface area contributed by atoms with E-state index in [0.29, 0.717) is 0 Å². The molecule has 1 aromatic carbocycles. The number of benzene rings is 1. The van der Waals surface area contributed by atoms with Crippen LogP contribution in [0.25, 0.3) is 0 Å². The fourth-order valence-corrected chi connectivity index (χ4v) is 3.11. The highest BCUT2D eigenvalue weighted by molar-refractivity contribution is 14.1. The topological polar surface area (TPSA) is 15.3 Å². The van der Waals surface area contributed by atoms with E-state index in [0.717, 1.165) is 19.0 Å². The molecular formula is C15H23IN2. The Morgan fingerprint density at radius 3 is 2.72 bits per heavy atom. The maximum absolute atomic E-state index is 3.55. The summed E-state index contributed by atoms with van der Waals surface area (Å²) in [5.41, 5.74) is 2.62. The van der Waals surface area contributed by atoms with Crippen LogP contribution in [-0.4, -0.2) is 31.1 Å². The first-order valence-electron chi connectivity index (χ1n) is 6.87. The van der Waals surface area contributed by atoms with E-state index in [1.165, 1.54) is 40.8 Å². The summed E-state index contributed by atoms with van der Waals surface area (Å²) in [5, 5.41) is 3.55. The number of aryl methyl sites for hydroxylation is 1.